The second-order valence-electron chi connectivity index (χ2n) is 5.92. The third-order valence-corrected chi connectivity index (χ3v) is 4.18. The minimum atomic E-state index is 0.238. The van der Waals surface area contributed by atoms with Crippen molar-refractivity contribution in [3.05, 3.63) is 53.3 Å². The summed E-state index contributed by atoms with van der Waals surface area (Å²) in [6.07, 6.45) is 3.40. The van der Waals surface area contributed by atoms with Gasteiger partial charge in [-0.2, -0.15) is 0 Å². The molecule has 1 aromatic heterocycles. The van der Waals surface area contributed by atoms with E-state index in [9.17, 15) is 0 Å². The Hall–Kier alpha value is -1.74. The molecule has 3 rings (SSSR count). The SMILES string of the molecule is CCNC(C)c1cccn1CC1Cc2cc(C)ccc2O1. The number of nitrogens with zero attached hydrogens (tertiary/aromatic N) is 1. The number of hydrogen-bond acceptors (Lipinski definition) is 2. The van der Waals surface area contributed by atoms with E-state index in [1.807, 2.05) is 0 Å². The van der Waals surface area contributed by atoms with Crippen molar-refractivity contribution in [3.63, 3.8) is 0 Å². The molecule has 1 aliphatic rings. The molecule has 0 radical (unpaired) electrons. The fraction of sp³-hybridized carbons (Fsp3) is 0.444. The first-order valence-corrected chi connectivity index (χ1v) is 7.82. The Morgan fingerprint density at radius 3 is 3.05 bits per heavy atom. The third kappa shape index (κ3) is 2.98. The molecule has 1 aliphatic heterocycles. The summed E-state index contributed by atoms with van der Waals surface area (Å²) in [5.41, 5.74) is 3.97. The molecule has 112 valence electrons. The second kappa shape index (κ2) is 5.94. The van der Waals surface area contributed by atoms with Gasteiger partial charge >= 0.3 is 0 Å². The van der Waals surface area contributed by atoms with Gasteiger partial charge in [0.05, 0.1) is 6.54 Å². The molecule has 2 aromatic rings. The molecule has 0 aliphatic carbocycles. The molecule has 0 fully saturated rings. The number of hydrogen-bond donors (Lipinski definition) is 1. The fourth-order valence-electron chi connectivity index (χ4n) is 3.17. The van der Waals surface area contributed by atoms with E-state index in [1.54, 1.807) is 0 Å². The predicted octanol–water partition coefficient (Wildman–Crippen LogP) is 3.47. The molecule has 3 heteroatoms. The number of aromatic nitrogens is 1. The van der Waals surface area contributed by atoms with E-state index in [0.717, 1.165) is 25.3 Å². The first-order valence-electron chi connectivity index (χ1n) is 7.82. The van der Waals surface area contributed by atoms with Gasteiger partial charge in [0, 0.05) is 24.4 Å². The van der Waals surface area contributed by atoms with Crippen molar-refractivity contribution >= 4 is 0 Å². The fourth-order valence-corrected chi connectivity index (χ4v) is 3.17. The molecule has 0 saturated heterocycles. The van der Waals surface area contributed by atoms with Gasteiger partial charge in [0.2, 0.25) is 0 Å². The molecule has 0 spiro atoms. The van der Waals surface area contributed by atoms with Crippen LogP contribution in [0.3, 0.4) is 0 Å². The summed E-state index contributed by atoms with van der Waals surface area (Å²) < 4.78 is 8.40. The lowest BCUT2D eigenvalue weighted by Gasteiger charge is -2.19. The van der Waals surface area contributed by atoms with Crippen molar-refractivity contribution in [3.8, 4) is 5.75 Å². The van der Waals surface area contributed by atoms with Crippen LogP contribution in [0.15, 0.2) is 36.5 Å². The quantitative estimate of drug-likeness (QED) is 0.910. The molecule has 1 aromatic carbocycles. The van der Waals surface area contributed by atoms with Gasteiger partial charge in [-0.25, -0.2) is 0 Å². The maximum atomic E-state index is 6.09. The highest BCUT2D eigenvalue weighted by molar-refractivity contribution is 5.40. The smallest absolute Gasteiger partial charge is 0.123 e. The molecule has 21 heavy (non-hydrogen) atoms. The molecule has 2 atom stereocenters. The lowest BCUT2D eigenvalue weighted by atomic mass is 10.1. The summed E-state index contributed by atoms with van der Waals surface area (Å²) in [4.78, 5) is 0. The summed E-state index contributed by atoms with van der Waals surface area (Å²) in [5, 5.41) is 3.48. The highest BCUT2D eigenvalue weighted by Crippen LogP contribution is 2.30. The maximum Gasteiger partial charge on any atom is 0.123 e. The van der Waals surface area contributed by atoms with Gasteiger partial charge in [0.15, 0.2) is 0 Å². The minimum Gasteiger partial charge on any atom is -0.488 e. The third-order valence-electron chi connectivity index (χ3n) is 4.18. The summed E-state index contributed by atoms with van der Waals surface area (Å²) in [7, 11) is 0. The van der Waals surface area contributed by atoms with Gasteiger partial charge < -0.3 is 14.6 Å². The molecule has 0 bridgehead atoms. The van der Waals surface area contributed by atoms with Crippen molar-refractivity contribution in [1.82, 2.24) is 9.88 Å². The van der Waals surface area contributed by atoms with Crippen LogP contribution in [-0.2, 0) is 13.0 Å². The minimum absolute atomic E-state index is 0.238. The van der Waals surface area contributed by atoms with Crippen LogP contribution in [0.4, 0.5) is 0 Å². The highest BCUT2D eigenvalue weighted by Gasteiger charge is 2.24. The lowest BCUT2D eigenvalue weighted by molar-refractivity contribution is 0.207. The second-order valence-corrected chi connectivity index (χ2v) is 5.92. The molecular formula is C18H24N2O. The average Bonchev–Trinajstić information content (AvgIpc) is 3.05. The number of fused-ring (bicyclic) bond motifs is 1. The molecule has 2 unspecified atom stereocenters. The molecule has 3 nitrogen and oxygen atoms in total. The Kier molecular flexibility index (Phi) is 4.02. The zero-order chi connectivity index (χ0) is 14.8. The maximum absolute atomic E-state index is 6.09. The zero-order valence-electron chi connectivity index (χ0n) is 13.1. The standard InChI is InChI=1S/C18H24N2O/c1-4-19-14(3)17-6-5-9-20(17)12-16-11-15-10-13(2)7-8-18(15)21-16/h5-10,14,16,19H,4,11-12H2,1-3H3. The molecule has 1 N–H and O–H groups in total. The average molecular weight is 284 g/mol. The van der Waals surface area contributed by atoms with E-state index in [-0.39, 0.29) is 6.10 Å². The van der Waals surface area contributed by atoms with Crippen molar-refractivity contribution < 1.29 is 4.74 Å². The number of rotatable bonds is 5. The van der Waals surface area contributed by atoms with Crippen molar-refractivity contribution in [2.75, 3.05) is 6.54 Å². The van der Waals surface area contributed by atoms with Crippen molar-refractivity contribution in [1.29, 1.82) is 0 Å². The first kappa shape index (κ1) is 14.2. The van der Waals surface area contributed by atoms with Gasteiger partial charge in [0.25, 0.3) is 0 Å². The normalized spacial score (nSPS) is 18.3. The number of nitrogens with one attached hydrogen (secondary N) is 1. The van der Waals surface area contributed by atoms with Crippen LogP contribution in [0, 0.1) is 6.92 Å². The first-order chi connectivity index (χ1) is 10.2. The van der Waals surface area contributed by atoms with E-state index >= 15 is 0 Å². The van der Waals surface area contributed by atoms with E-state index in [0.29, 0.717) is 6.04 Å². The predicted molar refractivity (Wildman–Crippen MR) is 85.8 cm³/mol. The molecular weight excluding hydrogens is 260 g/mol. The van der Waals surface area contributed by atoms with Crippen LogP contribution in [0.5, 0.6) is 5.75 Å². The highest BCUT2D eigenvalue weighted by atomic mass is 16.5. The Bertz CT molecular complexity index is 617. The largest absolute Gasteiger partial charge is 0.488 e. The van der Waals surface area contributed by atoms with Crippen LogP contribution in [0.2, 0.25) is 0 Å². The van der Waals surface area contributed by atoms with Crippen molar-refractivity contribution in [2.45, 2.75) is 45.9 Å². The van der Waals surface area contributed by atoms with Crippen LogP contribution in [0.1, 0.15) is 36.7 Å². The Morgan fingerprint density at radius 2 is 2.24 bits per heavy atom. The van der Waals surface area contributed by atoms with Gasteiger partial charge in [-0.15, -0.1) is 0 Å². The van der Waals surface area contributed by atoms with Gasteiger partial charge in [0.1, 0.15) is 11.9 Å². The molecule has 2 heterocycles. The van der Waals surface area contributed by atoms with Gasteiger partial charge in [-0.3, -0.25) is 0 Å². The summed E-state index contributed by atoms with van der Waals surface area (Å²) in [6, 6.07) is 11.1. The topological polar surface area (TPSA) is 26.2 Å². The van der Waals surface area contributed by atoms with Crippen LogP contribution in [-0.4, -0.2) is 17.2 Å². The number of ether oxygens (including phenoxy) is 1. The number of aryl methyl sites for hydroxylation is 1. The summed E-state index contributed by atoms with van der Waals surface area (Å²) >= 11 is 0. The lowest BCUT2D eigenvalue weighted by Crippen LogP contribution is -2.25. The van der Waals surface area contributed by atoms with E-state index in [2.05, 4.69) is 67.2 Å². The summed E-state index contributed by atoms with van der Waals surface area (Å²) in [5.74, 6) is 1.05. The molecule has 0 saturated carbocycles. The zero-order valence-corrected chi connectivity index (χ0v) is 13.1. The van der Waals surface area contributed by atoms with E-state index in [1.165, 1.54) is 16.8 Å². The summed E-state index contributed by atoms with van der Waals surface area (Å²) in [6.45, 7) is 8.38. The monoisotopic (exact) mass is 284 g/mol. The number of benzene rings is 1. The Labute approximate surface area is 126 Å². The Morgan fingerprint density at radius 1 is 1.38 bits per heavy atom. The molecule has 0 amide bonds. The van der Waals surface area contributed by atoms with Crippen molar-refractivity contribution in [2.24, 2.45) is 0 Å². The van der Waals surface area contributed by atoms with E-state index < -0.39 is 0 Å². The van der Waals surface area contributed by atoms with Crippen LogP contribution >= 0.6 is 0 Å². The Balaban J connectivity index is 1.71. The van der Waals surface area contributed by atoms with Gasteiger partial charge in [-0.1, -0.05) is 24.6 Å². The van der Waals surface area contributed by atoms with Crippen LogP contribution in [0.25, 0.3) is 0 Å². The van der Waals surface area contributed by atoms with E-state index in [4.69, 9.17) is 4.74 Å². The van der Waals surface area contributed by atoms with Gasteiger partial charge in [-0.05, 0) is 44.2 Å². The van der Waals surface area contributed by atoms with Crippen LogP contribution < -0.4 is 10.1 Å².